The van der Waals surface area contributed by atoms with Crippen LogP contribution in [0.15, 0.2) is 24.3 Å². The van der Waals surface area contributed by atoms with E-state index in [0.717, 1.165) is 44.8 Å². The number of quaternary nitrogens is 1. The lowest BCUT2D eigenvalue weighted by atomic mass is 10.0. The molecular formula is C19H30FN6+. The van der Waals surface area contributed by atoms with E-state index >= 15 is 0 Å². The first-order chi connectivity index (χ1) is 12.5. The summed E-state index contributed by atoms with van der Waals surface area (Å²) < 4.78 is 16.1. The van der Waals surface area contributed by atoms with Crippen LogP contribution in [0.3, 0.4) is 0 Å². The van der Waals surface area contributed by atoms with E-state index in [1.807, 2.05) is 16.8 Å². The summed E-state index contributed by atoms with van der Waals surface area (Å²) in [6.45, 7) is 12.3. The van der Waals surface area contributed by atoms with Crippen molar-refractivity contribution in [3.05, 3.63) is 35.9 Å². The van der Waals surface area contributed by atoms with Crippen LogP contribution in [0.5, 0.6) is 0 Å². The second-order valence-electron chi connectivity index (χ2n) is 7.67. The van der Waals surface area contributed by atoms with E-state index in [4.69, 9.17) is 0 Å². The summed E-state index contributed by atoms with van der Waals surface area (Å²) in [6.07, 6.45) is 1.95. The average molecular weight is 361 g/mol. The molecule has 6 nitrogen and oxygen atoms in total. The normalized spacial score (nSPS) is 17.5. The first kappa shape index (κ1) is 18.8. The largest absolute Gasteiger partial charge is 0.358 e. The molecule has 0 radical (unpaired) electrons. The topological polar surface area (TPSA) is 51.3 Å². The molecule has 0 aliphatic carbocycles. The van der Waals surface area contributed by atoms with Crippen LogP contribution in [-0.2, 0) is 5.54 Å². The lowest BCUT2D eigenvalue weighted by Gasteiger charge is -2.37. The van der Waals surface area contributed by atoms with Gasteiger partial charge >= 0.3 is 0 Å². The highest BCUT2D eigenvalue weighted by molar-refractivity contribution is 5.47. The number of benzene rings is 1. The quantitative estimate of drug-likeness (QED) is 0.853. The molecule has 0 bridgehead atoms. The van der Waals surface area contributed by atoms with Crippen molar-refractivity contribution in [1.29, 1.82) is 0 Å². The van der Waals surface area contributed by atoms with Crippen molar-refractivity contribution in [2.24, 2.45) is 0 Å². The number of aromatic nitrogens is 4. The number of anilines is 1. The Balaban J connectivity index is 1.74. The highest BCUT2D eigenvalue weighted by Crippen LogP contribution is 2.23. The van der Waals surface area contributed by atoms with Crippen LogP contribution in [0, 0.1) is 5.82 Å². The first-order valence-electron chi connectivity index (χ1n) is 9.60. The lowest BCUT2D eigenvalue weighted by molar-refractivity contribution is -0.933. The maximum absolute atomic E-state index is 14.1. The first-order valence-corrected chi connectivity index (χ1v) is 9.60. The predicted molar refractivity (Wildman–Crippen MR) is 99.8 cm³/mol. The van der Waals surface area contributed by atoms with E-state index in [1.54, 1.807) is 6.07 Å². The highest BCUT2D eigenvalue weighted by atomic mass is 19.1. The van der Waals surface area contributed by atoms with Crippen LogP contribution in [-0.4, -0.2) is 46.4 Å². The number of rotatable bonds is 6. The molecule has 0 unspecified atom stereocenters. The highest BCUT2D eigenvalue weighted by Gasteiger charge is 2.35. The second kappa shape index (κ2) is 7.70. The molecule has 0 amide bonds. The molecule has 2 aromatic rings. The number of tetrazole rings is 1. The number of halogens is 1. The van der Waals surface area contributed by atoms with E-state index in [9.17, 15) is 4.39 Å². The van der Waals surface area contributed by atoms with Crippen LogP contribution < -0.4 is 9.80 Å². The molecule has 7 heteroatoms. The van der Waals surface area contributed by atoms with Crippen molar-refractivity contribution >= 4 is 5.69 Å². The van der Waals surface area contributed by atoms with Crippen LogP contribution in [0.4, 0.5) is 10.1 Å². The van der Waals surface area contributed by atoms with Crippen molar-refractivity contribution in [3.63, 3.8) is 0 Å². The molecule has 1 aromatic carbocycles. The third kappa shape index (κ3) is 3.58. The Morgan fingerprint density at radius 2 is 1.88 bits per heavy atom. The summed E-state index contributed by atoms with van der Waals surface area (Å²) in [5, 5.41) is 12.6. The number of hydrogen-bond acceptors (Lipinski definition) is 4. The van der Waals surface area contributed by atoms with Crippen molar-refractivity contribution in [3.8, 4) is 0 Å². The molecular weight excluding hydrogens is 331 g/mol. The van der Waals surface area contributed by atoms with Crippen molar-refractivity contribution in [1.82, 2.24) is 20.2 Å². The number of nitrogens with one attached hydrogen (secondary N) is 1. The molecule has 0 spiro atoms. The summed E-state index contributed by atoms with van der Waals surface area (Å²) in [4.78, 5) is 3.62. The van der Waals surface area contributed by atoms with Gasteiger partial charge in [-0.2, -0.15) is 0 Å². The van der Waals surface area contributed by atoms with E-state index in [0.29, 0.717) is 5.69 Å². The zero-order valence-corrected chi connectivity index (χ0v) is 16.2. The van der Waals surface area contributed by atoms with Gasteiger partial charge in [-0.3, -0.25) is 0 Å². The zero-order valence-electron chi connectivity index (χ0n) is 16.2. The van der Waals surface area contributed by atoms with Gasteiger partial charge < -0.3 is 9.80 Å². The summed E-state index contributed by atoms with van der Waals surface area (Å²) in [5.74, 6) is 0.824. The second-order valence-corrected chi connectivity index (χ2v) is 7.67. The molecule has 1 aromatic heterocycles. The molecule has 0 saturated carbocycles. The molecule has 1 atom stereocenters. The molecule has 1 aliphatic heterocycles. The summed E-state index contributed by atoms with van der Waals surface area (Å²) in [5.41, 5.74) is 0.609. The van der Waals surface area contributed by atoms with Crippen molar-refractivity contribution < 1.29 is 9.29 Å². The van der Waals surface area contributed by atoms with Crippen LogP contribution in [0.25, 0.3) is 0 Å². The van der Waals surface area contributed by atoms with Gasteiger partial charge in [0.1, 0.15) is 11.9 Å². The predicted octanol–water partition coefficient (Wildman–Crippen LogP) is 1.81. The molecule has 2 heterocycles. The average Bonchev–Trinajstić information content (AvgIpc) is 3.14. The fourth-order valence-corrected chi connectivity index (χ4v) is 3.74. The van der Waals surface area contributed by atoms with Gasteiger partial charge in [-0.25, -0.2) is 9.07 Å². The minimum atomic E-state index is -0.142. The Labute approximate surface area is 155 Å². The Hall–Kier alpha value is -2.02. The zero-order chi connectivity index (χ0) is 18.7. The maximum atomic E-state index is 14.1. The lowest BCUT2D eigenvalue weighted by Crippen LogP contribution is -3.15. The van der Waals surface area contributed by atoms with Gasteiger partial charge in [0.05, 0.1) is 37.4 Å². The van der Waals surface area contributed by atoms with Gasteiger partial charge in [-0.15, -0.1) is 5.10 Å². The SMILES string of the molecule is CC[C@H](c1nnnn1C(C)(C)CC)[NH+]1CCN(c2ccccc2F)CC1. The molecule has 26 heavy (non-hydrogen) atoms. The Kier molecular flexibility index (Phi) is 5.55. The fourth-order valence-electron chi connectivity index (χ4n) is 3.74. The van der Waals surface area contributed by atoms with Crippen LogP contribution in [0.1, 0.15) is 52.4 Å². The van der Waals surface area contributed by atoms with Gasteiger partial charge in [-0.05, 0) is 42.8 Å². The fraction of sp³-hybridized carbons (Fsp3) is 0.632. The number of nitrogens with zero attached hydrogens (tertiary/aromatic N) is 5. The number of piperazine rings is 1. The minimum absolute atomic E-state index is 0.0965. The number of hydrogen-bond donors (Lipinski definition) is 1. The summed E-state index contributed by atoms with van der Waals surface area (Å²) >= 11 is 0. The number of para-hydroxylation sites is 1. The van der Waals surface area contributed by atoms with Crippen LogP contribution in [0.2, 0.25) is 0 Å². The summed E-state index contributed by atoms with van der Waals surface area (Å²) in [7, 11) is 0. The maximum Gasteiger partial charge on any atom is 0.209 e. The smallest absolute Gasteiger partial charge is 0.209 e. The van der Waals surface area contributed by atoms with E-state index in [2.05, 4.69) is 48.1 Å². The molecule has 1 N–H and O–H groups in total. The van der Waals surface area contributed by atoms with Gasteiger partial charge in [0.25, 0.3) is 0 Å². The molecule has 3 rings (SSSR count). The van der Waals surface area contributed by atoms with Gasteiger partial charge in [0.2, 0.25) is 5.82 Å². The van der Waals surface area contributed by atoms with Gasteiger partial charge in [0.15, 0.2) is 0 Å². The van der Waals surface area contributed by atoms with Crippen LogP contribution >= 0.6 is 0 Å². The third-order valence-corrected chi connectivity index (χ3v) is 5.74. The van der Waals surface area contributed by atoms with E-state index in [1.165, 1.54) is 11.0 Å². The van der Waals surface area contributed by atoms with E-state index in [-0.39, 0.29) is 17.4 Å². The minimum Gasteiger partial charge on any atom is -0.358 e. The Morgan fingerprint density at radius 3 is 2.50 bits per heavy atom. The standard InChI is InChI=1S/C19H29FN6/c1-5-16(18-21-22-23-26(18)19(3,4)6-2)24-11-13-25(14-12-24)17-10-8-7-9-15(17)20/h7-10,16H,5-6,11-14H2,1-4H3/p+1/t16-/m1/s1. The molecule has 1 fully saturated rings. The monoisotopic (exact) mass is 361 g/mol. The molecule has 142 valence electrons. The van der Waals surface area contributed by atoms with E-state index < -0.39 is 0 Å². The van der Waals surface area contributed by atoms with Gasteiger partial charge in [0, 0.05) is 6.42 Å². The third-order valence-electron chi connectivity index (χ3n) is 5.74. The summed E-state index contributed by atoms with van der Waals surface area (Å²) in [6, 6.07) is 7.29. The van der Waals surface area contributed by atoms with Crippen molar-refractivity contribution in [2.75, 3.05) is 31.1 Å². The van der Waals surface area contributed by atoms with Crippen molar-refractivity contribution in [2.45, 2.75) is 52.1 Å². The Morgan fingerprint density at radius 1 is 1.19 bits per heavy atom. The molecule has 1 saturated heterocycles. The van der Waals surface area contributed by atoms with Gasteiger partial charge in [-0.1, -0.05) is 26.0 Å². The molecule has 1 aliphatic rings. The Bertz CT molecular complexity index is 720.